The van der Waals surface area contributed by atoms with E-state index in [1.54, 1.807) is 0 Å². The molecule has 17 heavy (non-hydrogen) atoms. The standard InChI is InChI=1S/C14H21NO2/c1-10(14(2,3)15)11-5-6-12-13(9-11)17-8-4-7-16-12/h5-6,9-10H,4,7-8,15H2,1-3H3. The molecule has 0 amide bonds. The average molecular weight is 235 g/mol. The van der Waals surface area contributed by atoms with Crippen LogP contribution >= 0.6 is 0 Å². The summed E-state index contributed by atoms with van der Waals surface area (Å²) < 4.78 is 11.3. The Morgan fingerprint density at radius 1 is 1.18 bits per heavy atom. The summed E-state index contributed by atoms with van der Waals surface area (Å²) >= 11 is 0. The van der Waals surface area contributed by atoms with Gasteiger partial charge in [0.1, 0.15) is 0 Å². The Hall–Kier alpha value is -1.22. The van der Waals surface area contributed by atoms with E-state index in [0.717, 1.165) is 31.1 Å². The Morgan fingerprint density at radius 3 is 2.47 bits per heavy atom. The summed E-state index contributed by atoms with van der Waals surface area (Å²) in [5, 5.41) is 0. The van der Waals surface area contributed by atoms with Gasteiger partial charge in [-0.15, -0.1) is 0 Å². The minimum atomic E-state index is -0.236. The molecule has 1 aromatic carbocycles. The van der Waals surface area contributed by atoms with Crippen molar-refractivity contribution in [2.75, 3.05) is 13.2 Å². The zero-order valence-electron chi connectivity index (χ0n) is 10.8. The van der Waals surface area contributed by atoms with Crippen molar-refractivity contribution in [1.29, 1.82) is 0 Å². The fourth-order valence-electron chi connectivity index (χ4n) is 1.88. The van der Waals surface area contributed by atoms with E-state index < -0.39 is 0 Å². The maximum atomic E-state index is 6.15. The van der Waals surface area contributed by atoms with Gasteiger partial charge in [0.15, 0.2) is 11.5 Å². The summed E-state index contributed by atoms with van der Waals surface area (Å²) in [6.07, 6.45) is 0.932. The van der Waals surface area contributed by atoms with Gasteiger partial charge >= 0.3 is 0 Å². The second-order valence-corrected chi connectivity index (χ2v) is 5.30. The SMILES string of the molecule is CC(c1ccc2c(c1)OCCCO2)C(C)(C)N. The van der Waals surface area contributed by atoms with Crippen LogP contribution in [0.3, 0.4) is 0 Å². The molecule has 0 aliphatic carbocycles. The Bertz CT molecular complexity index is 396. The van der Waals surface area contributed by atoms with Crippen molar-refractivity contribution in [3.05, 3.63) is 23.8 Å². The molecule has 1 aliphatic heterocycles. The minimum absolute atomic E-state index is 0.236. The molecule has 0 saturated carbocycles. The number of hydrogen-bond acceptors (Lipinski definition) is 3. The Kier molecular flexibility index (Phi) is 3.29. The van der Waals surface area contributed by atoms with Gasteiger partial charge in [0.05, 0.1) is 13.2 Å². The van der Waals surface area contributed by atoms with Crippen molar-refractivity contribution in [2.45, 2.75) is 38.6 Å². The highest BCUT2D eigenvalue weighted by molar-refractivity contribution is 5.44. The zero-order valence-corrected chi connectivity index (χ0v) is 10.8. The molecule has 0 aromatic heterocycles. The van der Waals surface area contributed by atoms with E-state index in [1.807, 2.05) is 19.9 Å². The van der Waals surface area contributed by atoms with E-state index in [2.05, 4.69) is 19.1 Å². The molecule has 0 spiro atoms. The predicted octanol–water partition coefficient (Wildman–Crippen LogP) is 2.69. The van der Waals surface area contributed by atoms with Crippen LogP contribution in [0.2, 0.25) is 0 Å². The number of fused-ring (bicyclic) bond motifs is 1. The first-order valence-electron chi connectivity index (χ1n) is 6.17. The molecule has 1 aliphatic rings. The molecule has 2 N–H and O–H groups in total. The van der Waals surface area contributed by atoms with Crippen LogP contribution < -0.4 is 15.2 Å². The number of ether oxygens (including phenoxy) is 2. The quantitative estimate of drug-likeness (QED) is 0.857. The van der Waals surface area contributed by atoms with Crippen molar-refractivity contribution >= 4 is 0 Å². The third-order valence-corrected chi connectivity index (χ3v) is 3.39. The molecule has 94 valence electrons. The van der Waals surface area contributed by atoms with Crippen LogP contribution in [0, 0.1) is 0 Å². The Morgan fingerprint density at radius 2 is 1.82 bits per heavy atom. The molecule has 1 atom stereocenters. The number of benzene rings is 1. The lowest BCUT2D eigenvalue weighted by Gasteiger charge is -2.28. The monoisotopic (exact) mass is 235 g/mol. The summed E-state index contributed by atoms with van der Waals surface area (Å²) in [7, 11) is 0. The lowest BCUT2D eigenvalue weighted by Crippen LogP contribution is -2.37. The van der Waals surface area contributed by atoms with E-state index in [1.165, 1.54) is 5.56 Å². The number of nitrogens with two attached hydrogens (primary N) is 1. The Balaban J connectivity index is 2.29. The van der Waals surface area contributed by atoms with E-state index in [4.69, 9.17) is 15.2 Å². The van der Waals surface area contributed by atoms with Crippen LogP contribution in [-0.2, 0) is 0 Å². The molecule has 0 bridgehead atoms. The lowest BCUT2D eigenvalue weighted by atomic mass is 9.84. The minimum Gasteiger partial charge on any atom is -0.490 e. The maximum absolute atomic E-state index is 6.15. The van der Waals surface area contributed by atoms with Crippen molar-refractivity contribution in [3.63, 3.8) is 0 Å². The summed E-state index contributed by atoms with van der Waals surface area (Å²) in [5.74, 6) is 1.96. The van der Waals surface area contributed by atoms with Gasteiger partial charge in [-0.2, -0.15) is 0 Å². The smallest absolute Gasteiger partial charge is 0.161 e. The van der Waals surface area contributed by atoms with Gasteiger partial charge in [-0.3, -0.25) is 0 Å². The fourth-order valence-corrected chi connectivity index (χ4v) is 1.88. The van der Waals surface area contributed by atoms with Crippen molar-refractivity contribution < 1.29 is 9.47 Å². The third kappa shape index (κ3) is 2.72. The van der Waals surface area contributed by atoms with Gasteiger partial charge in [-0.05, 0) is 37.5 Å². The number of hydrogen-bond donors (Lipinski definition) is 1. The molecule has 1 heterocycles. The normalized spacial score (nSPS) is 17.4. The van der Waals surface area contributed by atoms with Crippen LogP contribution in [0.5, 0.6) is 11.5 Å². The summed E-state index contributed by atoms with van der Waals surface area (Å²) in [4.78, 5) is 0. The van der Waals surface area contributed by atoms with Crippen molar-refractivity contribution in [2.24, 2.45) is 5.73 Å². The van der Waals surface area contributed by atoms with Crippen LogP contribution in [-0.4, -0.2) is 18.8 Å². The fraction of sp³-hybridized carbons (Fsp3) is 0.571. The lowest BCUT2D eigenvalue weighted by molar-refractivity contribution is 0.297. The molecule has 0 radical (unpaired) electrons. The molecule has 1 unspecified atom stereocenters. The Labute approximate surface area is 103 Å². The van der Waals surface area contributed by atoms with Crippen LogP contribution in [0.15, 0.2) is 18.2 Å². The maximum Gasteiger partial charge on any atom is 0.161 e. The highest BCUT2D eigenvalue weighted by Gasteiger charge is 2.23. The molecule has 0 fully saturated rings. The van der Waals surface area contributed by atoms with E-state index >= 15 is 0 Å². The van der Waals surface area contributed by atoms with Crippen molar-refractivity contribution in [1.82, 2.24) is 0 Å². The zero-order chi connectivity index (χ0) is 12.5. The largest absolute Gasteiger partial charge is 0.490 e. The first kappa shape index (κ1) is 12.2. The van der Waals surface area contributed by atoms with Gasteiger partial charge in [0, 0.05) is 12.0 Å². The molecule has 3 nitrogen and oxygen atoms in total. The second kappa shape index (κ2) is 4.57. The predicted molar refractivity (Wildman–Crippen MR) is 68.7 cm³/mol. The van der Waals surface area contributed by atoms with Gasteiger partial charge in [-0.25, -0.2) is 0 Å². The molecular formula is C14H21NO2. The average Bonchev–Trinajstić information content (AvgIpc) is 2.50. The third-order valence-electron chi connectivity index (χ3n) is 3.39. The molecule has 0 saturated heterocycles. The molecule has 3 heteroatoms. The summed E-state index contributed by atoms with van der Waals surface area (Å²) in [5.41, 5.74) is 7.11. The van der Waals surface area contributed by atoms with Crippen LogP contribution in [0.4, 0.5) is 0 Å². The van der Waals surface area contributed by atoms with E-state index in [0.29, 0.717) is 0 Å². The second-order valence-electron chi connectivity index (χ2n) is 5.30. The topological polar surface area (TPSA) is 44.5 Å². The summed E-state index contributed by atoms with van der Waals surface area (Å²) in [6, 6.07) is 6.12. The molecule has 1 aromatic rings. The molecule has 2 rings (SSSR count). The van der Waals surface area contributed by atoms with Gasteiger partial charge < -0.3 is 15.2 Å². The van der Waals surface area contributed by atoms with E-state index in [-0.39, 0.29) is 11.5 Å². The van der Waals surface area contributed by atoms with Gasteiger partial charge in [-0.1, -0.05) is 13.0 Å². The highest BCUT2D eigenvalue weighted by atomic mass is 16.5. The van der Waals surface area contributed by atoms with Crippen LogP contribution in [0.25, 0.3) is 0 Å². The first-order valence-corrected chi connectivity index (χ1v) is 6.17. The number of rotatable bonds is 2. The summed E-state index contributed by atoms with van der Waals surface area (Å²) in [6.45, 7) is 7.67. The van der Waals surface area contributed by atoms with Gasteiger partial charge in [0.25, 0.3) is 0 Å². The van der Waals surface area contributed by atoms with Crippen LogP contribution in [0.1, 0.15) is 38.7 Å². The molecular weight excluding hydrogens is 214 g/mol. The van der Waals surface area contributed by atoms with Gasteiger partial charge in [0.2, 0.25) is 0 Å². The van der Waals surface area contributed by atoms with E-state index in [9.17, 15) is 0 Å². The van der Waals surface area contributed by atoms with Crippen molar-refractivity contribution in [3.8, 4) is 11.5 Å². The highest BCUT2D eigenvalue weighted by Crippen LogP contribution is 2.35. The first-order chi connectivity index (χ1) is 7.98.